The molecule has 1 heterocycles. The van der Waals surface area contributed by atoms with E-state index in [9.17, 15) is 4.39 Å². The van der Waals surface area contributed by atoms with Gasteiger partial charge in [-0.2, -0.15) is 0 Å². The summed E-state index contributed by atoms with van der Waals surface area (Å²) in [5, 5.41) is 0.536. The first-order valence-corrected chi connectivity index (χ1v) is 5.03. The molecule has 0 fully saturated rings. The molecule has 4 N–H and O–H groups in total. The highest BCUT2D eigenvalue weighted by atomic mass is 19.1. The van der Waals surface area contributed by atoms with Crippen LogP contribution in [0.5, 0.6) is 0 Å². The van der Waals surface area contributed by atoms with E-state index < -0.39 is 0 Å². The van der Waals surface area contributed by atoms with Gasteiger partial charge in [0.2, 0.25) is 0 Å². The molecule has 84 valence electrons. The number of aromatic nitrogens is 2. The predicted molar refractivity (Wildman–Crippen MR) is 61.3 cm³/mol. The molecule has 1 aromatic carbocycles. The number of fused-ring (bicyclic) bond motifs is 1. The van der Waals surface area contributed by atoms with Gasteiger partial charge in [-0.1, -0.05) is 0 Å². The minimum atomic E-state index is -0.345. The number of hydrogen-bond donors (Lipinski definition) is 2. The van der Waals surface area contributed by atoms with Crippen LogP contribution in [-0.4, -0.2) is 16.0 Å². The number of hydrogen-bond acceptors (Lipinski definition) is 4. The second-order valence-corrected chi connectivity index (χ2v) is 3.87. The van der Waals surface area contributed by atoms with E-state index in [2.05, 4.69) is 9.97 Å². The van der Waals surface area contributed by atoms with Gasteiger partial charge in [-0.3, -0.25) is 0 Å². The highest BCUT2D eigenvalue weighted by molar-refractivity contribution is 5.87. The molecule has 0 spiro atoms. The van der Waals surface area contributed by atoms with Crippen LogP contribution in [0.1, 0.15) is 12.7 Å². The lowest BCUT2D eigenvalue weighted by molar-refractivity contribution is 0.629. The summed E-state index contributed by atoms with van der Waals surface area (Å²) in [5.74, 6) is 0.537. The Hall–Kier alpha value is -1.75. The summed E-state index contributed by atoms with van der Waals surface area (Å²) >= 11 is 0. The Balaban J connectivity index is 2.55. The van der Waals surface area contributed by atoms with Crippen molar-refractivity contribution in [3.05, 3.63) is 29.8 Å². The first kappa shape index (κ1) is 10.8. The standard InChI is InChI=1S/C11H13FN4/c1-6(13)4-10-15-9-3-2-7(12)5-8(9)11(14)16-10/h2-3,5-6H,4,13H2,1H3,(H2,14,15,16). The first-order chi connectivity index (χ1) is 7.56. The van der Waals surface area contributed by atoms with Gasteiger partial charge in [0, 0.05) is 17.8 Å². The number of anilines is 1. The normalized spacial score (nSPS) is 12.9. The van der Waals surface area contributed by atoms with Crippen LogP contribution in [0.25, 0.3) is 10.9 Å². The second kappa shape index (κ2) is 4.02. The Kier molecular flexibility index (Phi) is 2.70. The van der Waals surface area contributed by atoms with Gasteiger partial charge in [-0.15, -0.1) is 0 Å². The molecule has 1 unspecified atom stereocenters. The average Bonchev–Trinajstić information content (AvgIpc) is 2.18. The maximum atomic E-state index is 13.0. The summed E-state index contributed by atoms with van der Waals surface area (Å²) in [7, 11) is 0. The van der Waals surface area contributed by atoms with Crippen molar-refractivity contribution in [2.24, 2.45) is 5.73 Å². The Labute approximate surface area is 92.5 Å². The molecule has 0 amide bonds. The number of nitrogens with zero attached hydrogens (tertiary/aromatic N) is 2. The largest absolute Gasteiger partial charge is 0.383 e. The SMILES string of the molecule is CC(N)Cc1nc(N)c2cc(F)ccc2n1. The lowest BCUT2D eigenvalue weighted by atomic mass is 10.2. The molecule has 0 saturated heterocycles. The molecule has 0 saturated carbocycles. The van der Waals surface area contributed by atoms with Crippen LogP contribution in [-0.2, 0) is 6.42 Å². The quantitative estimate of drug-likeness (QED) is 0.798. The summed E-state index contributed by atoms with van der Waals surface area (Å²) in [6.45, 7) is 1.87. The topological polar surface area (TPSA) is 77.8 Å². The molecule has 1 aromatic heterocycles. The molecular weight excluding hydrogens is 207 g/mol. The minimum Gasteiger partial charge on any atom is -0.383 e. The molecular formula is C11H13FN4. The zero-order valence-electron chi connectivity index (χ0n) is 8.94. The van der Waals surface area contributed by atoms with Gasteiger partial charge in [0.15, 0.2) is 0 Å². The summed E-state index contributed by atoms with van der Waals surface area (Å²) < 4.78 is 13.0. The van der Waals surface area contributed by atoms with Crippen molar-refractivity contribution >= 4 is 16.7 Å². The summed E-state index contributed by atoms with van der Waals surface area (Å²) in [6.07, 6.45) is 0.553. The van der Waals surface area contributed by atoms with E-state index in [0.717, 1.165) is 0 Å². The van der Waals surface area contributed by atoms with Gasteiger partial charge >= 0.3 is 0 Å². The molecule has 0 aliphatic heterocycles. The highest BCUT2D eigenvalue weighted by Gasteiger charge is 2.07. The molecule has 1 atom stereocenters. The van der Waals surface area contributed by atoms with Crippen molar-refractivity contribution in [2.75, 3.05) is 5.73 Å². The van der Waals surface area contributed by atoms with Crippen LogP contribution < -0.4 is 11.5 Å². The van der Waals surface area contributed by atoms with E-state index in [0.29, 0.717) is 29.0 Å². The van der Waals surface area contributed by atoms with E-state index in [4.69, 9.17) is 11.5 Å². The van der Waals surface area contributed by atoms with Gasteiger partial charge in [0.05, 0.1) is 5.52 Å². The second-order valence-electron chi connectivity index (χ2n) is 3.87. The monoisotopic (exact) mass is 220 g/mol. The molecule has 0 bridgehead atoms. The van der Waals surface area contributed by atoms with Gasteiger partial charge in [0.1, 0.15) is 17.5 Å². The van der Waals surface area contributed by atoms with Crippen LogP contribution in [0.2, 0.25) is 0 Å². The number of nitrogen functional groups attached to an aromatic ring is 1. The third-order valence-electron chi connectivity index (χ3n) is 2.24. The van der Waals surface area contributed by atoms with Crippen LogP contribution in [0.4, 0.5) is 10.2 Å². The zero-order chi connectivity index (χ0) is 11.7. The first-order valence-electron chi connectivity index (χ1n) is 5.03. The van der Waals surface area contributed by atoms with Gasteiger partial charge in [0.25, 0.3) is 0 Å². The fourth-order valence-electron chi connectivity index (χ4n) is 1.55. The fraction of sp³-hybridized carbons (Fsp3) is 0.273. The Morgan fingerprint density at radius 1 is 1.38 bits per heavy atom. The Bertz CT molecular complexity index is 525. The molecule has 5 heteroatoms. The molecule has 16 heavy (non-hydrogen) atoms. The van der Waals surface area contributed by atoms with E-state index in [-0.39, 0.29) is 11.9 Å². The lowest BCUT2D eigenvalue weighted by Gasteiger charge is -2.07. The fourth-order valence-corrected chi connectivity index (χ4v) is 1.55. The average molecular weight is 220 g/mol. The maximum absolute atomic E-state index is 13.0. The Morgan fingerprint density at radius 3 is 2.81 bits per heavy atom. The van der Waals surface area contributed by atoms with E-state index in [1.165, 1.54) is 12.1 Å². The molecule has 0 aliphatic rings. The molecule has 4 nitrogen and oxygen atoms in total. The molecule has 2 aromatic rings. The number of halogens is 1. The summed E-state index contributed by atoms with van der Waals surface area (Å²) in [5.41, 5.74) is 12.0. The van der Waals surface area contributed by atoms with Gasteiger partial charge in [-0.05, 0) is 25.1 Å². The van der Waals surface area contributed by atoms with Crippen LogP contribution >= 0.6 is 0 Å². The van der Waals surface area contributed by atoms with Crippen molar-refractivity contribution in [2.45, 2.75) is 19.4 Å². The zero-order valence-corrected chi connectivity index (χ0v) is 8.94. The minimum absolute atomic E-state index is 0.0303. The number of benzene rings is 1. The molecule has 0 radical (unpaired) electrons. The van der Waals surface area contributed by atoms with Crippen molar-refractivity contribution in [3.8, 4) is 0 Å². The van der Waals surface area contributed by atoms with Crippen LogP contribution in [0.3, 0.4) is 0 Å². The van der Waals surface area contributed by atoms with E-state index >= 15 is 0 Å². The van der Waals surface area contributed by atoms with Crippen LogP contribution in [0.15, 0.2) is 18.2 Å². The van der Waals surface area contributed by atoms with Crippen molar-refractivity contribution in [3.63, 3.8) is 0 Å². The van der Waals surface area contributed by atoms with Crippen molar-refractivity contribution in [1.82, 2.24) is 9.97 Å². The van der Waals surface area contributed by atoms with Gasteiger partial charge in [-0.25, -0.2) is 14.4 Å². The molecule has 2 rings (SSSR count). The lowest BCUT2D eigenvalue weighted by Crippen LogP contribution is -2.19. The van der Waals surface area contributed by atoms with Crippen molar-refractivity contribution < 1.29 is 4.39 Å². The smallest absolute Gasteiger partial charge is 0.135 e. The number of rotatable bonds is 2. The summed E-state index contributed by atoms with van der Waals surface area (Å²) in [6, 6.07) is 4.25. The van der Waals surface area contributed by atoms with E-state index in [1.807, 2.05) is 6.92 Å². The van der Waals surface area contributed by atoms with Gasteiger partial charge < -0.3 is 11.5 Å². The highest BCUT2D eigenvalue weighted by Crippen LogP contribution is 2.19. The number of nitrogens with two attached hydrogens (primary N) is 2. The van der Waals surface area contributed by atoms with E-state index in [1.54, 1.807) is 6.07 Å². The van der Waals surface area contributed by atoms with Crippen molar-refractivity contribution in [1.29, 1.82) is 0 Å². The predicted octanol–water partition coefficient (Wildman–Crippen LogP) is 1.24. The van der Waals surface area contributed by atoms with Crippen LogP contribution in [0, 0.1) is 5.82 Å². The third kappa shape index (κ3) is 2.09. The molecule has 0 aliphatic carbocycles. The Morgan fingerprint density at radius 2 is 2.12 bits per heavy atom. The summed E-state index contributed by atoms with van der Waals surface area (Å²) in [4.78, 5) is 8.38. The maximum Gasteiger partial charge on any atom is 0.135 e. The third-order valence-corrected chi connectivity index (χ3v) is 2.24.